The van der Waals surface area contributed by atoms with E-state index in [2.05, 4.69) is 40.0 Å². The van der Waals surface area contributed by atoms with E-state index in [1.54, 1.807) is 0 Å². The number of aromatic nitrogens is 1. The third-order valence-corrected chi connectivity index (χ3v) is 8.81. The van der Waals surface area contributed by atoms with Crippen molar-refractivity contribution < 1.29 is 27.9 Å². The fraction of sp³-hybridized carbons (Fsp3) is 0.250. The largest absolute Gasteiger partial charge is 0.490 e. The summed E-state index contributed by atoms with van der Waals surface area (Å²) < 4.78 is 33.8. The van der Waals surface area contributed by atoms with Gasteiger partial charge in [0.15, 0.2) is 0 Å². The molecule has 1 amide bonds. The van der Waals surface area contributed by atoms with Crippen molar-refractivity contribution in [1.29, 1.82) is 5.41 Å². The molecule has 48 heavy (non-hydrogen) atoms. The Bertz CT molecular complexity index is 1970. The number of carboxylic acids is 1. The second kappa shape index (κ2) is 14.5. The summed E-state index contributed by atoms with van der Waals surface area (Å²) >= 11 is 6.24. The predicted molar refractivity (Wildman–Crippen MR) is 182 cm³/mol. The zero-order valence-corrected chi connectivity index (χ0v) is 26.9. The molecule has 0 radical (unpaired) electrons. The van der Waals surface area contributed by atoms with Crippen molar-refractivity contribution in [2.75, 3.05) is 20.1 Å². The van der Waals surface area contributed by atoms with Crippen LogP contribution in [-0.2, 0) is 11.3 Å². The number of likely N-dealkylation sites (tertiary alicyclic amines) is 1. The SMILES string of the molecule is CN1CCC(C(NC(=O)c2cc3ccccc3n2Cc2cccc(C(=N)N)c2)c2ccc3cc(Cl)ccc3c2)CC1.O=C(O)C(F)(F)F. The highest BCUT2D eigenvalue weighted by Crippen LogP contribution is 2.33. The molecule has 4 aromatic carbocycles. The maximum atomic E-state index is 14.2. The number of hydrogen-bond acceptors (Lipinski definition) is 4. The van der Waals surface area contributed by atoms with E-state index < -0.39 is 12.1 Å². The second-order valence-electron chi connectivity index (χ2n) is 11.9. The number of carboxylic acid groups (broad SMARTS) is 1. The van der Waals surface area contributed by atoms with Gasteiger partial charge in [-0.2, -0.15) is 13.2 Å². The van der Waals surface area contributed by atoms with Gasteiger partial charge in [-0.1, -0.05) is 66.2 Å². The molecule has 250 valence electrons. The van der Waals surface area contributed by atoms with Gasteiger partial charge < -0.3 is 25.6 Å². The van der Waals surface area contributed by atoms with E-state index >= 15 is 0 Å². The molecule has 1 fully saturated rings. The maximum absolute atomic E-state index is 14.2. The number of carbonyl (C=O) groups excluding carboxylic acids is 1. The average Bonchev–Trinajstić information content (AvgIpc) is 3.42. The summed E-state index contributed by atoms with van der Waals surface area (Å²) in [7, 11) is 2.16. The van der Waals surface area contributed by atoms with Crippen molar-refractivity contribution in [3.05, 3.63) is 118 Å². The van der Waals surface area contributed by atoms with Crippen molar-refractivity contribution in [1.82, 2.24) is 14.8 Å². The molecule has 6 rings (SSSR count). The molecule has 1 aromatic heterocycles. The summed E-state index contributed by atoms with van der Waals surface area (Å²) in [4.78, 5) is 25.4. The van der Waals surface area contributed by atoms with Crippen molar-refractivity contribution >= 4 is 51.0 Å². The maximum Gasteiger partial charge on any atom is 0.490 e. The number of para-hydroxylation sites is 1. The Morgan fingerprint density at radius 1 is 0.958 bits per heavy atom. The highest BCUT2D eigenvalue weighted by atomic mass is 35.5. The van der Waals surface area contributed by atoms with Gasteiger partial charge in [-0.05, 0) is 97.2 Å². The molecule has 0 spiro atoms. The molecule has 1 atom stereocenters. The minimum atomic E-state index is -5.08. The van der Waals surface area contributed by atoms with Crippen LogP contribution in [0.1, 0.15) is 46.1 Å². The molecule has 0 aliphatic carbocycles. The van der Waals surface area contributed by atoms with E-state index in [1.165, 1.54) is 0 Å². The lowest BCUT2D eigenvalue weighted by Crippen LogP contribution is -2.40. The van der Waals surface area contributed by atoms with Crippen LogP contribution in [0.3, 0.4) is 0 Å². The van der Waals surface area contributed by atoms with Gasteiger partial charge in [-0.3, -0.25) is 10.2 Å². The van der Waals surface area contributed by atoms with Crippen LogP contribution < -0.4 is 11.1 Å². The Kier molecular flexibility index (Phi) is 10.4. The molecule has 1 unspecified atom stereocenters. The number of piperidine rings is 1. The Morgan fingerprint density at radius 2 is 1.62 bits per heavy atom. The topological polar surface area (TPSA) is 124 Å². The Hall–Kier alpha value is -4.87. The molecule has 2 heterocycles. The monoisotopic (exact) mass is 677 g/mol. The molecule has 5 aromatic rings. The van der Waals surface area contributed by atoms with Crippen molar-refractivity contribution in [2.45, 2.75) is 31.6 Å². The van der Waals surface area contributed by atoms with Crippen molar-refractivity contribution in [3.63, 3.8) is 0 Å². The molecule has 5 N–H and O–H groups in total. The standard InChI is InChI=1S/C34H34ClN5O.C2HF3O2/c1-39-15-13-23(14-16-39)32(27-10-9-25-19-29(35)12-11-24(25)18-27)38-34(41)31-20-26-6-2-3-8-30(26)40(31)21-22-5-4-7-28(17-22)33(36)37;3-2(4,5)1(6)7/h2-12,17-20,23,32H,13-16,21H2,1H3,(H3,36,37)(H,38,41);(H,6,7). The quantitative estimate of drug-likeness (QED) is 0.107. The number of carbonyl (C=O) groups is 2. The van der Waals surface area contributed by atoms with Gasteiger partial charge in [0.2, 0.25) is 0 Å². The van der Waals surface area contributed by atoms with E-state index in [0.717, 1.165) is 58.7 Å². The van der Waals surface area contributed by atoms with E-state index in [9.17, 15) is 18.0 Å². The number of nitrogens with one attached hydrogen (secondary N) is 2. The number of nitrogen functional groups attached to an aromatic ring is 1. The molecular formula is C36H35ClF3N5O3. The highest BCUT2D eigenvalue weighted by molar-refractivity contribution is 6.31. The summed E-state index contributed by atoms with van der Waals surface area (Å²) in [6.45, 7) is 2.51. The number of amidine groups is 1. The van der Waals surface area contributed by atoms with Crippen LogP contribution in [-0.4, -0.2) is 58.6 Å². The van der Waals surface area contributed by atoms with Crippen LogP contribution in [0.2, 0.25) is 5.02 Å². The minimum absolute atomic E-state index is 0.0285. The predicted octanol–water partition coefficient (Wildman–Crippen LogP) is 7.23. The fourth-order valence-corrected chi connectivity index (χ4v) is 6.25. The average molecular weight is 678 g/mol. The number of fused-ring (bicyclic) bond motifs is 2. The van der Waals surface area contributed by atoms with E-state index in [0.29, 0.717) is 28.7 Å². The Balaban J connectivity index is 0.000000582. The molecule has 1 aliphatic heterocycles. The summed E-state index contributed by atoms with van der Waals surface area (Å²) in [5.74, 6) is -2.50. The van der Waals surface area contributed by atoms with E-state index in [-0.39, 0.29) is 17.8 Å². The number of alkyl halides is 3. The summed E-state index contributed by atoms with van der Waals surface area (Å²) in [6.07, 6.45) is -3.05. The van der Waals surface area contributed by atoms with Gasteiger partial charge in [0.25, 0.3) is 5.91 Å². The Morgan fingerprint density at radius 3 is 2.31 bits per heavy atom. The lowest BCUT2D eigenvalue weighted by Gasteiger charge is -2.35. The van der Waals surface area contributed by atoms with E-state index in [4.69, 9.17) is 32.6 Å². The number of aliphatic carboxylic acids is 1. The molecule has 12 heteroatoms. The van der Waals surface area contributed by atoms with Crippen LogP contribution in [0, 0.1) is 11.3 Å². The first-order valence-corrected chi connectivity index (χ1v) is 15.7. The Labute approximate surface area is 280 Å². The van der Waals surface area contributed by atoms with Crippen LogP contribution in [0.4, 0.5) is 13.2 Å². The molecule has 0 saturated carbocycles. The summed E-state index contributed by atoms with van der Waals surface area (Å²) in [5.41, 5.74) is 10.1. The smallest absolute Gasteiger partial charge is 0.475 e. The first kappa shape index (κ1) is 34.5. The van der Waals surface area contributed by atoms with Gasteiger partial charge in [-0.25, -0.2) is 4.79 Å². The second-order valence-corrected chi connectivity index (χ2v) is 12.4. The molecule has 1 aliphatic rings. The highest BCUT2D eigenvalue weighted by Gasteiger charge is 2.38. The van der Waals surface area contributed by atoms with Gasteiger partial charge in [-0.15, -0.1) is 0 Å². The van der Waals surface area contributed by atoms with Gasteiger partial charge in [0, 0.05) is 28.0 Å². The zero-order valence-electron chi connectivity index (χ0n) is 26.1. The van der Waals surface area contributed by atoms with Crippen LogP contribution in [0.25, 0.3) is 21.7 Å². The number of nitrogens with zero attached hydrogens (tertiary/aromatic N) is 2. The third-order valence-electron chi connectivity index (χ3n) is 8.57. The molecule has 0 bridgehead atoms. The van der Waals surface area contributed by atoms with Gasteiger partial charge in [0.05, 0.1) is 6.04 Å². The third kappa shape index (κ3) is 8.15. The van der Waals surface area contributed by atoms with E-state index in [1.807, 2.05) is 72.8 Å². The molecule has 8 nitrogen and oxygen atoms in total. The fourth-order valence-electron chi connectivity index (χ4n) is 6.07. The zero-order chi connectivity index (χ0) is 34.6. The lowest BCUT2D eigenvalue weighted by atomic mass is 9.84. The minimum Gasteiger partial charge on any atom is -0.475 e. The normalized spacial score (nSPS) is 14.7. The number of nitrogens with two attached hydrogens (primary N) is 1. The van der Waals surface area contributed by atoms with Crippen molar-refractivity contribution in [3.8, 4) is 0 Å². The number of halogens is 4. The van der Waals surface area contributed by atoms with Crippen LogP contribution >= 0.6 is 11.6 Å². The van der Waals surface area contributed by atoms with Gasteiger partial charge in [0.1, 0.15) is 11.5 Å². The number of rotatable bonds is 7. The lowest BCUT2D eigenvalue weighted by molar-refractivity contribution is -0.192. The van der Waals surface area contributed by atoms with Gasteiger partial charge >= 0.3 is 12.1 Å². The molecule has 1 saturated heterocycles. The van der Waals surface area contributed by atoms with Crippen molar-refractivity contribution in [2.24, 2.45) is 11.7 Å². The first-order valence-electron chi connectivity index (χ1n) is 15.3. The number of benzene rings is 4. The number of hydrogen-bond donors (Lipinski definition) is 4. The summed E-state index contributed by atoms with van der Waals surface area (Å²) in [5, 5.41) is 22.4. The number of amides is 1. The molecular weight excluding hydrogens is 643 g/mol. The summed E-state index contributed by atoms with van der Waals surface area (Å²) in [6, 6.07) is 29.9. The first-order chi connectivity index (χ1) is 22.8. The van der Waals surface area contributed by atoms with Crippen LogP contribution in [0.15, 0.2) is 91.0 Å². The van der Waals surface area contributed by atoms with Crippen LogP contribution in [0.5, 0.6) is 0 Å².